The number of methoxy groups -OCH3 is 1. The van der Waals surface area contributed by atoms with Gasteiger partial charge in [-0.15, -0.1) is 0 Å². The van der Waals surface area contributed by atoms with E-state index >= 15 is 0 Å². The summed E-state index contributed by atoms with van der Waals surface area (Å²) in [6.07, 6.45) is 3.87. The summed E-state index contributed by atoms with van der Waals surface area (Å²) in [4.78, 5) is 20.7. The second kappa shape index (κ2) is 8.80. The van der Waals surface area contributed by atoms with E-state index in [-0.39, 0.29) is 11.6 Å². The SMILES string of the molecule is COc1cccc(CCNc2cnc(C(=O)Nc3cccc(C)c3)cn2)c1. The van der Waals surface area contributed by atoms with E-state index < -0.39 is 0 Å². The Hall–Kier alpha value is -3.41. The van der Waals surface area contributed by atoms with Crippen molar-refractivity contribution in [3.8, 4) is 5.75 Å². The van der Waals surface area contributed by atoms with E-state index in [9.17, 15) is 4.79 Å². The number of rotatable bonds is 7. The number of nitrogens with zero attached hydrogens (tertiary/aromatic N) is 2. The third-order valence-corrected chi connectivity index (χ3v) is 4.01. The number of carbonyl (C=O) groups excluding carboxylic acids is 1. The van der Waals surface area contributed by atoms with Gasteiger partial charge < -0.3 is 15.4 Å². The van der Waals surface area contributed by atoms with Crippen molar-refractivity contribution in [3.63, 3.8) is 0 Å². The molecule has 0 atom stereocenters. The number of hydrogen-bond acceptors (Lipinski definition) is 5. The maximum atomic E-state index is 12.3. The number of nitrogens with one attached hydrogen (secondary N) is 2. The van der Waals surface area contributed by atoms with Crippen molar-refractivity contribution in [2.24, 2.45) is 0 Å². The van der Waals surface area contributed by atoms with Crippen LogP contribution in [0.5, 0.6) is 5.75 Å². The standard InChI is InChI=1S/C21H22N4O2/c1-15-5-3-7-17(11-15)25-21(26)19-13-24-20(14-23-19)22-10-9-16-6-4-8-18(12-16)27-2/h3-8,11-14H,9-10H2,1-2H3,(H,22,24)(H,25,26). The number of hydrogen-bond donors (Lipinski definition) is 2. The van der Waals surface area contributed by atoms with Crippen LogP contribution in [0.1, 0.15) is 21.6 Å². The van der Waals surface area contributed by atoms with Crippen LogP contribution in [0.4, 0.5) is 11.5 Å². The molecule has 0 saturated carbocycles. The summed E-state index contributed by atoms with van der Waals surface area (Å²) in [7, 11) is 1.66. The predicted octanol–water partition coefficient (Wildman–Crippen LogP) is 3.70. The van der Waals surface area contributed by atoms with Crippen molar-refractivity contribution in [1.29, 1.82) is 0 Å². The van der Waals surface area contributed by atoms with Crippen molar-refractivity contribution in [2.45, 2.75) is 13.3 Å². The van der Waals surface area contributed by atoms with Crippen LogP contribution in [0.25, 0.3) is 0 Å². The number of ether oxygens (including phenoxy) is 1. The molecule has 27 heavy (non-hydrogen) atoms. The Kier molecular flexibility index (Phi) is 5.99. The minimum atomic E-state index is -0.281. The van der Waals surface area contributed by atoms with E-state index in [1.807, 2.05) is 49.4 Å². The molecule has 1 amide bonds. The summed E-state index contributed by atoms with van der Waals surface area (Å²) in [5.41, 5.74) is 3.26. The zero-order chi connectivity index (χ0) is 19.1. The molecule has 1 aromatic heterocycles. The quantitative estimate of drug-likeness (QED) is 0.670. The lowest BCUT2D eigenvalue weighted by Gasteiger charge is -2.08. The van der Waals surface area contributed by atoms with E-state index in [1.165, 1.54) is 11.8 Å². The van der Waals surface area contributed by atoms with Crippen LogP contribution in [0.2, 0.25) is 0 Å². The second-order valence-corrected chi connectivity index (χ2v) is 6.14. The van der Waals surface area contributed by atoms with E-state index in [0.29, 0.717) is 12.4 Å². The first-order chi connectivity index (χ1) is 13.1. The Morgan fingerprint density at radius 3 is 2.67 bits per heavy atom. The summed E-state index contributed by atoms with van der Waals surface area (Å²) in [5.74, 6) is 1.19. The van der Waals surface area contributed by atoms with Gasteiger partial charge in [0.1, 0.15) is 17.3 Å². The molecule has 0 spiro atoms. The van der Waals surface area contributed by atoms with Crippen LogP contribution in [0, 0.1) is 6.92 Å². The third kappa shape index (κ3) is 5.28. The molecule has 2 aromatic carbocycles. The average Bonchev–Trinajstić information content (AvgIpc) is 2.69. The minimum Gasteiger partial charge on any atom is -0.497 e. The highest BCUT2D eigenvalue weighted by molar-refractivity contribution is 6.02. The molecule has 0 radical (unpaired) electrons. The minimum absolute atomic E-state index is 0.273. The molecule has 1 heterocycles. The van der Waals surface area contributed by atoms with Gasteiger partial charge in [-0.05, 0) is 48.7 Å². The predicted molar refractivity (Wildman–Crippen MR) is 106 cm³/mol. The van der Waals surface area contributed by atoms with Gasteiger partial charge in [0.15, 0.2) is 0 Å². The zero-order valence-electron chi connectivity index (χ0n) is 15.4. The molecule has 0 aliphatic carbocycles. The van der Waals surface area contributed by atoms with Gasteiger partial charge in [-0.25, -0.2) is 9.97 Å². The fourth-order valence-corrected chi connectivity index (χ4v) is 2.62. The summed E-state index contributed by atoms with van der Waals surface area (Å²) >= 11 is 0. The third-order valence-electron chi connectivity index (χ3n) is 4.01. The Labute approximate surface area is 158 Å². The molecule has 0 unspecified atom stereocenters. The van der Waals surface area contributed by atoms with Gasteiger partial charge in [0.05, 0.1) is 19.5 Å². The first kappa shape index (κ1) is 18.4. The summed E-state index contributed by atoms with van der Waals surface area (Å²) in [5, 5.41) is 6.03. The zero-order valence-corrected chi connectivity index (χ0v) is 15.4. The van der Waals surface area contributed by atoms with Crippen LogP contribution in [-0.2, 0) is 6.42 Å². The molecule has 6 heteroatoms. The number of anilines is 2. The van der Waals surface area contributed by atoms with Gasteiger partial charge in [-0.2, -0.15) is 0 Å². The van der Waals surface area contributed by atoms with Crippen LogP contribution < -0.4 is 15.4 Å². The molecular weight excluding hydrogens is 340 g/mol. The average molecular weight is 362 g/mol. The molecule has 3 rings (SSSR count). The van der Waals surface area contributed by atoms with E-state index in [4.69, 9.17) is 4.74 Å². The molecular formula is C21H22N4O2. The van der Waals surface area contributed by atoms with Crippen LogP contribution in [-0.4, -0.2) is 29.5 Å². The van der Waals surface area contributed by atoms with Crippen molar-refractivity contribution >= 4 is 17.4 Å². The highest BCUT2D eigenvalue weighted by atomic mass is 16.5. The molecule has 0 bridgehead atoms. The van der Waals surface area contributed by atoms with E-state index in [1.54, 1.807) is 13.3 Å². The van der Waals surface area contributed by atoms with E-state index in [2.05, 4.69) is 26.7 Å². The molecule has 3 aromatic rings. The Morgan fingerprint density at radius 2 is 1.93 bits per heavy atom. The van der Waals surface area contributed by atoms with Crippen molar-refractivity contribution in [1.82, 2.24) is 9.97 Å². The first-order valence-electron chi connectivity index (χ1n) is 8.71. The molecule has 138 valence electrons. The topological polar surface area (TPSA) is 76.1 Å². The number of aromatic nitrogens is 2. The van der Waals surface area contributed by atoms with Gasteiger partial charge in [-0.1, -0.05) is 24.3 Å². The smallest absolute Gasteiger partial charge is 0.275 e. The number of amides is 1. The Balaban J connectivity index is 1.53. The molecule has 0 aliphatic heterocycles. The molecule has 0 fully saturated rings. The van der Waals surface area contributed by atoms with Crippen molar-refractivity contribution < 1.29 is 9.53 Å². The largest absolute Gasteiger partial charge is 0.497 e. The lowest BCUT2D eigenvalue weighted by atomic mass is 10.1. The fraction of sp³-hybridized carbons (Fsp3) is 0.190. The lowest BCUT2D eigenvalue weighted by molar-refractivity contribution is 0.102. The maximum Gasteiger partial charge on any atom is 0.275 e. The van der Waals surface area contributed by atoms with Gasteiger partial charge in [0.2, 0.25) is 0 Å². The van der Waals surface area contributed by atoms with Crippen LogP contribution >= 0.6 is 0 Å². The van der Waals surface area contributed by atoms with Crippen LogP contribution in [0.3, 0.4) is 0 Å². The monoisotopic (exact) mass is 362 g/mol. The van der Waals surface area contributed by atoms with Gasteiger partial charge in [0.25, 0.3) is 5.91 Å². The number of aryl methyl sites for hydroxylation is 1. The lowest BCUT2D eigenvalue weighted by Crippen LogP contribution is -2.15. The maximum absolute atomic E-state index is 12.3. The van der Waals surface area contributed by atoms with Crippen molar-refractivity contribution in [2.75, 3.05) is 24.3 Å². The second-order valence-electron chi connectivity index (χ2n) is 6.14. The summed E-state index contributed by atoms with van der Waals surface area (Å²) in [6.45, 7) is 2.68. The number of benzene rings is 2. The Bertz CT molecular complexity index is 910. The molecule has 0 saturated heterocycles. The first-order valence-corrected chi connectivity index (χ1v) is 8.71. The fourth-order valence-electron chi connectivity index (χ4n) is 2.62. The van der Waals surface area contributed by atoms with Gasteiger partial charge in [0, 0.05) is 12.2 Å². The van der Waals surface area contributed by atoms with Gasteiger partial charge in [-0.3, -0.25) is 4.79 Å². The summed E-state index contributed by atoms with van der Waals surface area (Å²) < 4.78 is 5.22. The van der Waals surface area contributed by atoms with E-state index in [0.717, 1.165) is 23.4 Å². The normalized spacial score (nSPS) is 10.3. The highest BCUT2D eigenvalue weighted by Crippen LogP contribution is 2.13. The highest BCUT2D eigenvalue weighted by Gasteiger charge is 2.08. The van der Waals surface area contributed by atoms with Crippen LogP contribution in [0.15, 0.2) is 60.9 Å². The Morgan fingerprint density at radius 1 is 1.07 bits per heavy atom. The van der Waals surface area contributed by atoms with Crippen molar-refractivity contribution in [3.05, 3.63) is 77.7 Å². The molecule has 2 N–H and O–H groups in total. The molecule has 6 nitrogen and oxygen atoms in total. The van der Waals surface area contributed by atoms with Gasteiger partial charge >= 0.3 is 0 Å². The summed E-state index contributed by atoms with van der Waals surface area (Å²) in [6, 6.07) is 15.6. The molecule has 0 aliphatic rings. The number of carbonyl (C=O) groups is 1.